The minimum absolute atomic E-state index is 0.0396. The number of amides is 1. The van der Waals surface area contributed by atoms with E-state index in [1.807, 2.05) is 23.5 Å². The van der Waals surface area contributed by atoms with Crippen LogP contribution in [0.1, 0.15) is 6.42 Å². The highest BCUT2D eigenvalue weighted by Crippen LogP contribution is 2.22. The van der Waals surface area contributed by atoms with E-state index < -0.39 is 0 Å². The third kappa shape index (κ3) is 3.57. The van der Waals surface area contributed by atoms with E-state index in [0.29, 0.717) is 5.92 Å². The maximum absolute atomic E-state index is 11.8. The molecule has 15 heavy (non-hydrogen) atoms. The van der Waals surface area contributed by atoms with Crippen molar-refractivity contribution >= 4 is 29.4 Å². The molecule has 1 amide bonds. The van der Waals surface area contributed by atoms with Crippen LogP contribution in [0.4, 0.5) is 0 Å². The maximum atomic E-state index is 11.8. The molecule has 2 fully saturated rings. The molecule has 86 valence electrons. The average Bonchev–Trinajstić information content (AvgIpc) is 2.80. The number of hydrogen-bond acceptors (Lipinski definition) is 4. The van der Waals surface area contributed by atoms with Crippen LogP contribution in [-0.2, 0) is 4.79 Å². The molecule has 2 N–H and O–H groups in total. The lowest BCUT2D eigenvalue weighted by Gasteiger charge is -2.22. The Labute approximate surface area is 99.5 Å². The van der Waals surface area contributed by atoms with Crippen molar-refractivity contribution in [2.75, 3.05) is 36.1 Å². The molecule has 0 saturated carbocycles. The second kappa shape index (κ2) is 6.01. The standard InChI is InChI=1S/C10H18N2OS2/c13-10(9-7-15-4-2-11-9)12-5-8-1-3-14-6-8/h8-9,11H,1-7H2,(H,12,13). The van der Waals surface area contributed by atoms with E-state index in [4.69, 9.17) is 0 Å². The summed E-state index contributed by atoms with van der Waals surface area (Å²) in [6.45, 7) is 1.83. The zero-order valence-corrected chi connectivity index (χ0v) is 10.5. The van der Waals surface area contributed by atoms with Crippen molar-refractivity contribution < 1.29 is 4.79 Å². The highest BCUT2D eigenvalue weighted by Gasteiger charge is 2.22. The van der Waals surface area contributed by atoms with Gasteiger partial charge in [0.15, 0.2) is 0 Å². The van der Waals surface area contributed by atoms with Crippen LogP contribution in [0.2, 0.25) is 0 Å². The Balaban J connectivity index is 1.66. The number of carbonyl (C=O) groups excluding carboxylic acids is 1. The number of thioether (sulfide) groups is 2. The Kier molecular flexibility index (Phi) is 4.65. The van der Waals surface area contributed by atoms with Crippen molar-refractivity contribution in [3.8, 4) is 0 Å². The minimum Gasteiger partial charge on any atom is -0.354 e. The van der Waals surface area contributed by atoms with Crippen molar-refractivity contribution in [2.45, 2.75) is 12.5 Å². The van der Waals surface area contributed by atoms with Gasteiger partial charge in [-0.3, -0.25) is 4.79 Å². The summed E-state index contributed by atoms with van der Waals surface area (Å²) in [5.41, 5.74) is 0. The van der Waals surface area contributed by atoms with Gasteiger partial charge in [-0.05, 0) is 23.8 Å². The third-order valence-corrected chi connectivity index (χ3v) is 5.12. The van der Waals surface area contributed by atoms with Crippen molar-refractivity contribution in [3.63, 3.8) is 0 Å². The molecule has 3 nitrogen and oxygen atoms in total. The van der Waals surface area contributed by atoms with Crippen LogP contribution >= 0.6 is 23.5 Å². The SMILES string of the molecule is O=C(NCC1CCSC1)C1CSCCN1. The van der Waals surface area contributed by atoms with Crippen LogP contribution in [0.25, 0.3) is 0 Å². The Morgan fingerprint density at radius 1 is 1.33 bits per heavy atom. The van der Waals surface area contributed by atoms with Gasteiger partial charge in [0.2, 0.25) is 5.91 Å². The molecule has 0 radical (unpaired) electrons. The van der Waals surface area contributed by atoms with Crippen molar-refractivity contribution in [3.05, 3.63) is 0 Å². The van der Waals surface area contributed by atoms with Crippen molar-refractivity contribution in [1.82, 2.24) is 10.6 Å². The first kappa shape index (κ1) is 11.6. The summed E-state index contributed by atoms with van der Waals surface area (Å²) in [4.78, 5) is 11.8. The van der Waals surface area contributed by atoms with Gasteiger partial charge in [0, 0.05) is 24.6 Å². The van der Waals surface area contributed by atoms with E-state index in [9.17, 15) is 4.79 Å². The second-order valence-electron chi connectivity index (χ2n) is 4.06. The lowest BCUT2D eigenvalue weighted by molar-refractivity contribution is -0.122. The first-order valence-electron chi connectivity index (χ1n) is 5.53. The highest BCUT2D eigenvalue weighted by atomic mass is 32.2. The van der Waals surface area contributed by atoms with E-state index in [-0.39, 0.29) is 11.9 Å². The Morgan fingerprint density at radius 3 is 2.87 bits per heavy atom. The van der Waals surface area contributed by atoms with Crippen LogP contribution in [0.5, 0.6) is 0 Å². The molecule has 0 aliphatic carbocycles. The molecule has 0 aromatic heterocycles. The molecule has 2 saturated heterocycles. The van der Waals surface area contributed by atoms with Gasteiger partial charge in [-0.2, -0.15) is 23.5 Å². The molecule has 0 aromatic rings. The zero-order valence-electron chi connectivity index (χ0n) is 8.83. The van der Waals surface area contributed by atoms with E-state index in [1.54, 1.807) is 0 Å². The smallest absolute Gasteiger partial charge is 0.238 e. The quantitative estimate of drug-likeness (QED) is 0.763. The van der Waals surface area contributed by atoms with Crippen molar-refractivity contribution in [1.29, 1.82) is 0 Å². The average molecular weight is 246 g/mol. The van der Waals surface area contributed by atoms with E-state index in [0.717, 1.165) is 24.6 Å². The minimum atomic E-state index is 0.0396. The molecule has 2 unspecified atom stereocenters. The monoisotopic (exact) mass is 246 g/mol. The van der Waals surface area contributed by atoms with Crippen LogP contribution in [-0.4, -0.2) is 48.0 Å². The third-order valence-electron chi connectivity index (χ3n) is 2.83. The number of nitrogens with one attached hydrogen (secondary N) is 2. The Hall–Kier alpha value is 0.130. The highest BCUT2D eigenvalue weighted by molar-refractivity contribution is 7.99. The fourth-order valence-electron chi connectivity index (χ4n) is 1.85. The summed E-state index contributed by atoms with van der Waals surface area (Å²) in [7, 11) is 0. The molecule has 2 aliphatic rings. The van der Waals surface area contributed by atoms with Gasteiger partial charge in [-0.1, -0.05) is 0 Å². The molecule has 2 atom stereocenters. The molecule has 0 aromatic carbocycles. The molecular formula is C10H18N2OS2. The van der Waals surface area contributed by atoms with E-state index in [1.165, 1.54) is 17.9 Å². The maximum Gasteiger partial charge on any atom is 0.238 e. The first-order valence-corrected chi connectivity index (χ1v) is 7.84. The van der Waals surface area contributed by atoms with Crippen molar-refractivity contribution in [2.24, 2.45) is 5.92 Å². The summed E-state index contributed by atoms with van der Waals surface area (Å²) in [6.07, 6.45) is 1.26. The van der Waals surface area contributed by atoms with Gasteiger partial charge < -0.3 is 10.6 Å². The summed E-state index contributed by atoms with van der Waals surface area (Å²) in [5.74, 6) is 5.42. The summed E-state index contributed by atoms with van der Waals surface area (Å²) in [6, 6.07) is 0.0396. The number of hydrogen-bond donors (Lipinski definition) is 2. The van der Waals surface area contributed by atoms with Crippen LogP contribution in [0.15, 0.2) is 0 Å². The Bertz CT molecular complexity index is 213. The van der Waals surface area contributed by atoms with Crippen LogP contribution in [0.3, 0.4) is 0 Å². The van der Waals surface area contributed by atoms with Gasteiger partial charge in [0.05, 0.1) is 6.04 Å². The van der Waals surface area contributed by atoms with Gasteiger partial charge in [0.1, 0.15) is 0 Å². The topological polar surface area (TPSA) is 41.1 Å². The molecule has 2 rings (SSSR count). The fraction of sp³-hybridized carbons (Fsp3) is 0.900. The molecule has 0 bridgehead atoms. The largest absolute Gasteiger partial charge is 0.354 e. The second-order valence-corrected chi connectivity index (χ2v) is 6.36. The molecular weight excluding hydrogens is 228 g/mol. The van der Waals surface area contributed by atoms with E-state index in [2.05, 4.69) is 10.6 Å². The van der Waals surface area contributed by atoms with Gasteiger partial charge in [-0.25, -0.2) is 0 Å². The number of rotatable bonds is 3. The predicted molar refractivity (Wildman–Crippen MR) is 67.6 cm³/mol. The van der Waals surface area contributed by atoms with E-state index >= 15 is 0 Å². The van der Waals surface area contributed by atoms with Crippen LogP contribution < -0.4 is 10.6 Å². The summed E-state index contributed by atoms with van der Waals surface area (Å²) < 4.78 is 0. The lowest BCUT2D eigenvalue weighted by Crippen LogP contribution is -2.49. The van der Waals surface area contributed by atoms with Gasteiger partial charge >= 0.3 is 0 Å². The fourth-order valence-corrected chi connectivity index (χ4v) is 4.06. The van der Waals surface area contributed by atoms with Gasteiger partial charge in [0.25, 0.3) is 0 Å². The molecule has 2 aliphatic heterocycles. The normalized spacial score (nSPS) is 31.5. The number of carbonyl (C=O) groups is 1. The first-order chi connectivity index (χ1) is 7.36. The zero-order chi connectivity index (χ0) is 10.5. The Morgan fingerprint density at radius 2 is 2.20 bits per heavy atom. The molecule has 0 spiro atoms. The lowest BCUT2D eigenvalue weighted by atomic mass is 10.1. The summed E-state index contributed by atoms with van der Waals surface area (Å²) in [5, 5.41) is 6.32. The summed E-state index contributed by atoms with van der Waals surface area (Å²) >= 11 is 3.86. The molecule has 2 heterocycles. The van der Waals surface area contributed by atoms with Crippen LogP contribution in [0, 0.1) is 5.92 Å². The van der Waals surface area contributed by atoms with Gasteiger partial charge in [-0.15, -0.1) is 0 Å². The molecule has 5 heteroatoms. The predicted octanol–water partition coefficient (Wildman–Crippen LogP) is 0.561.